The molecule has 0 spiro atoms. The van der Waals surface area contributed by atoms with E-state index in [2.05, 4.69) is 33.0 Å². The van der Waals surface area contributed by atoms with E-state index < -0.39 is 11.7 Å². The third-order valence-electron chi connectivity index (χ3n) is 5.64. The maximum Gasteiger partial charge on any atom is 0.295 e. The van der Waals surface area contributed by atoms with Crippen LogP contribution in [0.3, 0.4) is 0 Å². The first-order valence-electron chi connectivity index (χ1n) is 9.87. The SMILES string of the molecule is Cc1[nH]c(-c2ccccc2)cc1C(=O)C(=O)N1CCC(c2cccc(Br)c2)CC1. The van der Waals surface area contributed by atoms with Crippen molar-refractivity contribution in [1.82, 2.24) is 9.88 Å². The van der Waals surface area contributed by atoms with Crippen LogP contribution in [0.15, 0.2) is 65.1 Å². The molecule has 148 valence electrons. The van der Waals surface area contributed by atoms with Gasteiger partial charge in [0.05, 0.1) is 0 Å². The number of halogens is 1. The Bertz CT molecular complexity index is 1030. The molecule has 4 rings (SSSR count). The van der Waals surface area contributed by atoms with Crippen LogP contribution >= 0.6 is 15.9 Å². The van der Waals surface area contributed by atoms with Crippen molar-refractivity contribution in [1.29, 1.82) is 0 Å². The van der Waals surface area contributed by atoms with Crippen LogP contribution in [0, 0.1) is 6.92 Å². The van der Waals surface area contributed by atoms with Gasteiger partial charge in [0.25, 0.3) is 11.7 Å². The van der Waals surface area contributed by atoms with Crippen molar-refractivity contribution in [3.8, 4) is 11.3 Å². The van der Waals surface area contributed by atoms with E-state index >= 15 is 0 Å². The summed E-state index contributed by atoms with van der Waals surface area (Å²) in [6, 6.07) is 19.9. The summed E-state index contributed by atoms with van der Waals surface area (Å²) in [5, 5.41) is 0. The molecule has 1 aliphatic heterocycles. The largest absolute Gasteiger partial charge is 0.358 e. The molecule has 0 atom stereocenters. The number of hydrogen-bond acceptors (Lipinski definition) is 2. The summed E-state index contributed by atoms with van der Waals surface area (Å²) < 4.78 is 1.07. The molecule has 2 aromatic carbocycles. The van der Waals surface area contributed by atoms with Crippen LogP contribution < -0.4 is 0 Å². The highest BCUT2D eigenvalue weighted by Crippen LogP contribution is 2.30. The van der Waals surface area contributed by atoms with Gasteiger partial charge in [-0.2, -0.15) is 0 Å². The molecule has 3 aromatic rings. The topological polar surface area (TPSA) is 53.2 Å². The number of hydrogen-bond donors (Lipinski definition) is 1. The number of rotatable bonds is 4. The van der Waals surface area contributed by atoms with Crippen LogP contribution in [0.4, 0.5) is 0 Å². The third-order valence-corrected chi connectivity index (χ3v) is 6.13. The fourth-order valence-corrected chi connectivity index (χ4v) is 4.42. The second-order valence-electron chi connectivity index (χ2n) is 7.54. The lowest BCUT2D eigenvalue weighted by molar-refractivity contribution is -0.127. The summed E-state index contributed by atoms with van der Waals surface area (Å²) in [6.07, 6.45) is 1.74. The number of Topliss-reactive ketones (excluding diaryl/α,β-unsaturated/α-hetero) is 1. The van der Waals surface area contributed by atoms with Gasteiger partial charge >= 0.3 is 0 Å². The van der Waals surface area contributed by atoms with Gasteiger partial charge in [-0.1, -0.05) is 58.4 Å². The average Bonchev–Trinajstić information content (AvgIpc) is 3.15. The van der Waals surface area contributed by atoms with Crippen LogP contribution in [0.1, 0.15) is 40.4 Å². The number of aromatic nitrogens is 1. The first-order valence-corrected chi connectivity index (χ1v) is 10.7. The molecular formula is C24H23BrN2O2. The molecule has 1 aromatic heterocycles. The Hall–Kier alpha value is -2.66. The van der Waals surface area contributed by atoms with Gasteiger partial charge in [-0.25, -0.2) is 0 Å². The second-order valence-corrected chi connectivity index (χ2v) is 8.45. The van der Waals surface area contributed by atoms with Crippen molar-refractivity contribution in [3.05, 3.63) is 82.0 Å². The number of piperidine rings is 1. The van der Waals surface area contributed by atoms with Crippen LogP contribution in [-0.2, 0) is 4.79 Å². The Balaban J connectivity index is 1.44. The van der Waals surface area contributed by atoms with Crippen molar-refractivity contribution in [2.45, 2.75) is 25.7 Å². The monoisotopic (exact) mass is 450 g/mol. The van der Waals surface area contributed by atoms with Gasteiger partial charge in [0, 0.05) is 34.5 Å². The van der Waals surface area contributed by atoms with E-state index in [1.54, 1.807) is 11.0 Å². The zero-order valence-corrected chi connectivity index (χ0v) is 17.9. The highest BCUT2D eigenvalue weighted by atomic mass is 79.9. The molecule has 0 unspecified atom stereocenters. The summed E-state index contributed by atoms with van der Waals surface area (Å²) in [5.74, 6) is -0.411. The van der Waals surface area contributed by atoms with Gasteiger partial charge < -0.3 is 9.88 Å². The maximum absolute atomic E-state index is 12.9. The minimum atomic E-state index is -0.429. The summed E-state index contributed by atoms with van der Waals surface area (Å²) in [6.45, 7) is 3.06. The molecule has 0 bridgehead atoms. The zero-order chi connectivity index (χ0) is 20.4. The molecule has 0 radical (unpaired) electrons. The van der Waals surface area contributed by atoms with Crippen LogP contribution in [0.25, 0.3) is 11.3 Å². The molecule has 5 heteroatoms. The van der Waals surface area contributed by atoms with Gasteiger partial charge in [0.1, 0.15) is 0 Å². The number of nitrogens with one attached hydrogen (secondary N) is 1. The van der Waals surface area contributed by atoms with Crippen LogP contribution in [-0.4, -0.2) is 34.7 Å². The molecule has 1 saturated heterocycles. The number of aryl methyl sites for hydroxylation is 1. The Morgan fingerprint density at radius 3 is 2.41 bits per heavy atom. The van der Waals surface area contributed by atoms with Crippen molar-refractivity contribution >= 4 is 27.6 Å². The summed E-state index contributed by atoms with van der Waals surface area (Å²) >= 11 is 3.52. The summed E-state index contributed by atoms with van der Waals surface area (Å²) in [4.78, 5) is 30.7. The van der Waals surface area contributed by atoms with E-state index in [0.717, 1.165) is 34.3 Å². The number of H-pyrrole nitrogens is 1. The van der Waals surface area contributed by atoms with E-state index in [4.69, 9.17) is 0 Å². The van der Waals surface area contributed by atoms with Gasteiger partial charge in [-0.05, 0) is 55.0 Å². The lowest BCUT2D eigenvalue weighted by atomic mass is 9.89. The highest BCUT2D eigenvalue weighted by molar-refractivity contribution is 9.10. The smallest absolute Gasteiger partial charge is 0.295 e. The molecule has 0 aliphatic carbocycles. The Morgan fingerprint density at radius 1 is 1.00 bits per heavy atom. The van der Waals surface area contributed by atoms with Crippen LogP contribution in [0.2, 0.25) is 0 Å². The molecule has 0 saturated carbocycles. The first kappa shape index (κ1) is 19.6. The number of amides is 1. The lowest BCUT2D eigenvalue weighted by Crippen LogP contribution is -2.41. The third kappa shape index (κ3) is 4.20. The van der Waals surface area contributed by atoms with Gasteiger partial charge in [-0.15, -0.1) is 0 Å². The molecule has 1 amide bonds. The number of aromatic amines is 1. The number of ketones is 1. The number of carbonyl (C=O) groups excluding carboxylic acids is 2. The van der Waals surface area contributed by atoms with Gasteiger partial charge in [0.2, 0.25) is 0 Å². The van der Waals surface area contributed by atoms with E-state index in [1.807, 2.05) is 49.4 Å². The molecular weight excluding hydrogens is 428 g/mol. The van der Waals surface area contributed by atoms with E-state index in [0.29, 0.717) is 24.6 Å². The zero-order valence-electron chi connectivity index (χ0n) is 16.3. The molecule has 2 heterocycles. The predicted molar refractivity (Wildman–Crippen MR) is 118 cm³/mol. The Morgan fingerprint density at radius 2 is 1.72 bits per heavy atom. The number of nitrogens with zero attached hydrogens (tertiary/aromatic N) is 1. The number of likely N-dealkylation sites (tertiary alicyclic amines) is 1. The molecule has 29 heavy (non-hydrogen) atoms. The van der Waals surface area contributed by atoms with Gasteiger partial charge in [0.15, 0.2) is 0 Å². The van der Waals surface area contributed by atoms with Crippen molar-refractivity contribution in [2.24, 2.45) is 0 Å². The average molecular weight is 451 g/mol. The number of carbonyl (C=O) groups is 2. The van der Waals surface area contributed by atoms with E-state index in [-0.39, 0.29) is 0 Å². The fraction of sp³-hybridized carbons (Fsp3) is 0.250. The predicted octanol–water partition coefficient (Wildman–Crippen LogP) is 5.34. The van der Waals surface area contributed by atoms with Gasteiger partial charge in [-0.3, -0.25) is 9.59 Å². The van der Waals surface area contributed by atoms with E-state index in [9.17, 15) is 9.59 Å². The van der Waals surface area contributed by atoms with Crippen molar-refractivity contribution < 1.29 is 9.59 Å². The number of benzene rings is 2. The Labute approximate surface area is 179 Å². The van der Waals surface area contributed by atoms with Crippen molar-refractivity contribution in [3.63, 3.8) is 0 Å². The molecule has 4 nitrogen and oxygen atoms in total. The lowest BCUT2D eigenvalue weighted by Gasteiger charge is -2.31. The quantitative estimate of drug-likeness (QED) is 0.430. The highest BCUT2D eigenvalue weighted by Gasteiger charge is 2.29. The van der Waals surface area contributed by atoms with Crippen LogP contribution in [0.5, 0.6) is 0 Å². The van der Waals surface area contributed by atoms with Crippen molar-refractivity contribution in [2.75, 3.05) is 13.1 Å². The summed E-state index contributed by atoms with van der Waals surface area (Å²) in [5.41, 5.74) is 4.32. The molecule has 1 fully saturated rings. The Kier molecular flexibility index (Phi) is 5.67. The van der Waals surface area contributed by atoms with E-state index in [1.165, 1.54) is 5.56 Å². The fourth-order valence-electron chi connectivity index (χ4n) is 4.00. The standard InChI is InChI=1S/C24H23BrN2O2/c1-16-21(15-22(26-16)18-6-3-2-4-7-18)23(28)24(29)27-12-10-17(11-13-27)19-8-5-9-20(25)14-19/h2-9,14-15,17,26H,10-13H2,1H3. The summed E-state index contributed by atoms with van der Waals surface area (Å²) in [7, 11) is 0. The molecule has 1 N–H and O–H groups in total. The molecule has 1 aliphatic rings. The minimum absolute atomic E-state index is 0.403. The second kappa shape index (κ2) is 8.37. The first-order chi connectivity index (χ1) is 14.0. The minimum Gasteiger partial charge on any atom is -0.358 e. The normalized spacial score (nSPS) is 14.8. The maximum atomic E-state index is 12.9.